The number of primary amides is 1. The van der Waals surface area contributed by atoms with E-state index >= 15 is 0 Å². The van der Waals surface area contributed by atoms with Crippen LogP contribution >= 0.6 is 0 Å². The Labute approximate surface area is 108 Å². The summed E-state index contributed by atoms with van der Waals surface area (Å²) in [5.74, 6) is -0.271. The van der Waals surface area contributed by atoms with E-state index in [0.717, 1.165) is 38.5 Å². The molecule has 0 aromatic heterocycles. The maximum atomic E-state index is 12.0. The van der Waals surface area contributed by atoms with Crippen LogP contribution in [0.25, 0.3) is 0 Å². The number of piperidine rings is 2. The molecule has 0 unspecified atom stereocenters. The Balaban J connectivity index is 1.98. The minimum absolute atomic E-state index is 0.236. The molecule has 2 heterocycles. The van der Waals surface area contributed by atoms with Gasteiger partial charge in [0.15, 0.2) is 0 Å². The molecule has 18 heavy (non-hydrogen) atoms. The molecule has 0 aromatic carbocycles. The average molecular weight is 254 g/mol. The van der Waals surface area contributed by atoms with Gasteiger partial charge in [0.1, 0.15) is 0 Å². The number of unbranched alkanes of at least 4 members (excludes halogenated alkanes) is 1. The van der Waals surface area contributed by atoms with Gasteiger partial charge in [-0.15, -0.1) is 0 Å². The van der Waals surface area contributed by atoms with Crippen LogP contribution in [0.3, 0.4) is 0 Å². The standard InChI is InChI=1S/C13H22N2O3/c1-2-3-8-18-12(17)15-9-13(11(14)16)6-4-10(15)5-7-13/h10H,2-9H2,1H3,(H2,14,16). The molecule has 3 rings (SSSR count). The minimum atomic E-state index is -0.501. The van der Waals surface area contributed by atoms with Gasteiger partial charge in [-0.05, 0) is 32.1 Å². The molecule has 5 heteroatoms. The molecule has 1 saturated carbocycles. The lowest BCUT2D eigenvalue weighted by atomic mass is 9.67. The first-order valence-corrected chi connectivity index (χ1v) is 6.82. The topological polar surface area (TPSA) is 72.6 Å². The summed E-state index contributed by atoms with van der Waals surface area (Å²) in [6.45, 7) is 2.96. The number of nitrogens with two attached hydrogens (primary N) is 1. The van der Waals surface area contributed by atoms with Gasteiger partial charge in [0, 0.05) is 12.6 Å². The Hall–Kier alpha value is -1.26. The van der Waals surface area contributed by atoms with Crippen LogP contribution in [-0.4, -0.2) is 36.1 Å². The zero-order valence-electron chi connectivity index (χ0n) is 11.0. The molecule has 0 spiro atoms. The van der Waals surface area contributed by atoms with Gasteiger partial charge in [0.2, 0.25) is 5.91 Å². The number of fused-ring (bicyclic) bond motifs is 3. The maximum absolute atomic E-state index is 12.0. The number of carbonyl (C=O) groups excluding carboxylic acids is 2. The van der Waals surface area contributed by atoms with Crippen molar-refractivity contribution in [1.82, 2.24) is 4.90 Å². The van der Waals surface area contributed by atoms with Crippen molar-refractivity contribution in [3.8, 4) is 0 Å². The molecule has 5 nitrogen and oxygen atoms in total. The van der Waals surface area contributed by atoms with E-state index < -0.39 is 5.41 Å². The second-order valence-corrected chi connectivity index (χ2v) is 5.47. The Morgan fingerprint density at radius 1 is 1.39 bits per heavy atom. The fourth-order valence-corrected chi connectivity index (χ4v) is 3.00. The van der Waals surface area contributed by atoms with Crippen molar-refractivity contribution in [3.63, 3.8) is 0 Å². The highest BCUT2D eigenvalue weighted by Gasteiger charge is 2.50. The van der Waals surface area contributed by atoms with Crippen molar-refractivity contribution < 1.29 is 14.3 Å². The molecule has 3 aliphatic rings. The first-order chi connectivity index (χ1) is 8.59. The van der Waals surface area contributed by atoms with Gasteiger partial charge in [-0.1, -0.05) is 13.3 Å². The van der Waals surface area contributed by atoms with Crippen LogP contribution in [0.1, 0.15) is 45.4 Å². The third-order valence-electron chi connectivity index (χ3n) is 4.31. The van der Waals surface area contributed by atoms with Gasteiger partial charge in [-0.3, -0.25) is 4.79 Å². The number of ether oxygens (including phenoxy) is 1. The predicted molar refractivity (Wildman–Crippen MR) is 66.8 cm³/mol. The second kappa shape index (κ2) is 5.16. The number of hydrogen-bond donors (Lipinski definition) is 1. The molecular weight excluding hydrogens is 232 g/mol. The van der Waals surface area contributed by atoms with Gasteiger partial charge >= 0.3 is 6.09 Å². The molecule has 2 bridgehead atoms. The first kappa shape index (κ1) is 13.2. The lowest BCUT2D eigenvalue weighted by Crippen LogP contribution is -2.60. The van der Waals surface area contributed by atoms with Crippen LogP contribution in [0.2, 0.25) is 0 Å². The van der Waals surface area contributed by atoms with Crippen LogP contribution in [0.15, 0.2) is 0 Å². The normalized spacial score (nSPS) is 30.3. The molecule has 102 valence electrons. The van der Waals surface area contributed by atoms with E-state index in [4.69, 9.17) is 10.5 Å². The molecule has 2 amide bonds. The summed E-state index contributed by atoms with van der Waals surface area (Å²) in [5.41, 5.74) is 5.00. The molecule has 2 N–H and O–H groups in total. The van der Waals surface area contributed by atoms with Gasteiger partial charge in [0.05, 0.1) is 12.0 Å². The van der Waals surface area contributed by atoms with Gasteiger partial charge in [-0.2, -0.15) is 0 Å². The summed E-state index contributed by atoms with van der Waals surface area (Å²) in [4.78, 5) is 25.3. The van der Waals surface area contributed by atoms with Crippen molar-refractivity contribution in [2.24, 2.45) is 11.1 Å². The summed E-state index contributed by atoms with van der Waals surface area (Å²) in [7, 11) is 0. The molecule has 1 aliphatic carbocycles. The van der Waals surface area contributed by atoms with E-state index in [9.17, 15) is 9.59 Å². The molecule has 0 aromatic rings. The van der Waals surface area contributed by atoms with Crippen molar-refractivity contribution >= 4 is 12.0 Å². The maximum Gasteiger partial charge on any atom is 0.410 e. The fourth-order valence-electron chi connectivity index (χ4n) is 3.00. The van der Waals surface area contributed by atoms with Crippen molar-refractivity contribution in [3.05, 3.63) is 0 Å². The zero-order chi connectivity index (χ0) is 13.2. The number of nitrogens with zero attached hydrogens (tertiary/aromatic N) is 1. The first-order valence-electron chi connectivity index (χ1n) is 6.82. The Bertz CT molecular complexity index is 335. The van der Waals surface area contributed by atoms with Crippen LogP contribution in [0, 0.1) is 5.41 Å². The van der Waals surface area contributed by atoms with Crippen LogP contribution in [0.5, 0.6) is 0 Å². The third-order valence-corrected chi connectivity index (χ3v) is 4.31. The smallest absolute Gasteiger partial charge is 0.410 e. The van der Waals surface area contributed by atoms with E-state index in [1.165, 1.54) is 0 Å². The van der Waals surface area contributed by atoms with E-state index in [-0.39, 0.29) is 18.0 Å². The van der Waals surface area contributed by atoms with Crippen molar-refractivity contribution in [1.29, 1.82) is 0 Å². The third kappa shape index (κ3) is 2.31. The number of carbonyl (C=O) groups is 2. The molecule has 3 fully saturated rings. The highest BCUT2D eigenvalue weighted by atomic mass is 16.6. The number of amides is 2. The molecule has 2 aliphatic heterocycles. The van der Waals surface area contributed by atoms with Crippen molar-refractivity contribution in [2.45, 2.75) is 51.5 Å². The molecular formula is C13H22N2O3. The van der Waals surface area contributed by atoms with E-state index in [0.29, 0.717) is 13.2 Å². The Morgan fingerprint density at radius 3 is 2.61 bits per heavy atom. The van der Waals surface area contributed by atoms with E-state index in [1.54, 1.807) is 4.90 Å². The Morgan fingerprint density at radius 2 is 2.06 bits per heavy atom. The highest BCUT2D eigenvalue weighted by Crippen LogP contribution is 2.44. The lowest BCUT2D eigenvalue weighted by molar-refractivity contribution is -0.136. The summed E-state index contributed by atoms with van der Waals surface area (Å²) in [5, 5.41) is 0. The van der Waals surface area contributed by atoms with Gasteiger partial charge < -0.3 is 15.4 Å². The SMILES string of the molecule is CCCCOC(=O)N1CC2(C(N)=O)CCC1CC2. The fraction of sp³-hybridized carbons (Fsp3) is 0.846. The van der Waals surface area contributed by atoms with Crippen molar-refractivity contribution in [2.75, 3.05) is 13.2 Å². The summed E-state index contributed by atoms with van der Waals surface area (Å²) in [6.07, 6.45) is 4.96. The molecule has 0 radical (unpaired) electrons. The number of rotatable bonds is 4. The lowest BCUT2D eigenvalue weighted by Gasteiger charge is -2.50. The molecule has 0 atom stereocenters. The summed E-state index contributed by atoms with van der Waals surface area (Å²) in [6, 6.07) is 0.236. The Kier molecular flexibility index (Phi) is 3.78. The predicted octanol–water partition coefficient (Wildman–Crippen LogP) is 1.65. The van der Waals surface area contributed by atoms with Crippen LogP contribution in [-0.2, 0) is 9.53 Å². The summed E-state index contributed by atoms with van der Waals surface area (Å²) >= 11 is 0. The second-order valence-electron chi connectivity index (χ2n) is 5.47. The van der Waals surface area contributed by atoms with Crippen LogP contribution in [0.4, 0.5) is 4.79 Å². The zero-order valence-corrected chi connectivity index (χ0v) is 11.0. The largest absolute Gasteiger partial charge is 0.449 e. The molecule has 2 saturated heterocycles. The highest BCUT2D eigenvalue weighted by molar-refractivity contribution is 5.82. The number of hydrogen-bond acceptors (Lipinski definition) is 3. The monoisotopic (exact) mass is 254 g/mol. The summed E-state index contributed by atoms with van der Waals surface area (Å²) < 4.78 is 5.23. The van der Waals surface area contributed by atoms with Gasteiger partial charge in [-0.25, -0.2) is 4.79 Å². The van der Waals surface area contributed by atoms with E-state index in [2.05, 4.69) is 6.92 Å². The minimum Gasteiger partial charge on any atom is -0.449 e. The van der Waals surface area contributed by atoms with Gasteiger partial charge in [0.25, 0.3) is 0 Å². The average Bonchev–Trinajstić information content (AvgIpc) is 2.40. The van der Waals surface area contributed by atoms with E-state index in [1.807, 2.05) is 0 Å². The quantitative estimate of drug-likeness (QED) is 0.775. The van der Waals surface area contributed by atoms with Crippen LogP contribution < -0.4 is 5.73 Å².